The third kappa shape index (κ3) is 4.74. The Bertz CT molecular complexity index is 2740. The lowest BCUT2D eigenvalue weighted by Gasteiger charge is -2.34. The zero-order valence-electron chi connectivity index (χ0n) is 31.0. The summed E-state index contributed by atoms with van der Waals surface area (Å²) in [6.07, 6.45) is 1.99. The molecule has 0 unspecified atom stereocenters. The maximum Gasteiger partial charge on any atom is 0.236 e. The standard InChI is InChI=1S/C51H40N2O/c1-49(2)50(3,4)54-48(53-49)46-28-26-37(32-52-46)43-31-45-47(41-22-14-13-21-40(41)43)42-27-25-36(35-24-23-33-15-11-12-16-34(33)29-35)30-44(42)51(45,38-17-7-5-8-18-38)39-19-9-6-10-20-39/h5-32H,1-4H3. The number of benzene rings is 7. The van der Waals surface area contributed by atoms with Crippen molar-refractivity contribution in [3.05, 3.63) is 198 Å². The summed E-state index contributed by atoms with van der Waals surface area (Å²) in [5, 5.41) is 4.92. The van der Waals surface area contributed by atoms with Crippen LogP contribution in [0.25, 0.3) is 54.9 Å². The van der Waals surface area contributed by atoms with Crippen molar-refractivity contribution >= 4 is 27.4 Å². The van der Waals surface area contributed by atoms with Crippen molar-refractivity contribution < 1.29 is 4.74 Å². The van der Waals surface area contributed by atoms with Crippen LogP contribution < -0.4 is 0 Å². The van der Waals surface area contributed by atoms with E-state index in [1.165, 1.54) is 66.1 Å². The van der Waals surface area contributed by atoms with Gasteiger partial charge in [0.2, 0.25) is 5.90 Å². The average molecular weight is 697 g/mol. The van der Waals surface area contributed by atoms with Crippen molar-refractivity contribution in [2.45, 2.75) is 44.2 Å². The fourth-order valence-electron chi connectivity index (χ4n) is 8.70. The predicted molar refractivity (Wildman–Crippen MR) is 223 cm³/mol. The van der Waals surface area contributed by atoms with Gasteiger partial charge in [-0.1, -0.05) is 140 Å². The molecule has 8 aromatic rings. The van der Waals surface area contributed by atoms with Gasteiger partial charge in [-0.25, -0.2) is 4.99 Å². The minimum Gasteiger partial charge on any atom is -0.468 e. The number of hydrogen-bond donors (Lipinski definition) is 0. The molecule has 3 heteroatoms. The van der Waals surface area contributed by atoms with Crippen LogP contribution in [0.5, 0.6) is 0 Å². The van der Waals surface area contributed by atoms with Crippen LogP contribution in [-0.2, 0) is 10.2 Å². The number of rotatable bonds is 5. The van der Waals surface area contributed by atoms with Crippen LogP contribution in [0.15, 0.2) is 175 Å². The highest BCUT2D eigenvalue weighted by atomic mass is 16.5. The van der Waals surface area contributed by atoms with E-state index in [0.29, 0.717) is 5.90 Å². The third-order valence-corrected chi connectivity index (χ3v) is 12.1. The lowest BCUT2D eigenvalue weighted by Crippen LogP contribution is -2.41. The smallest absolute Gasteiger partial charge is 0.236 e. The van der Waals surface area contributed by atoms with Gasteiger partial charge in [-0.05, 0) is 124 Å². The van der Waals surface area contributed by atoms with Crippen LogP contribution in [0, 0.1) is 0 Å². The number of ether oxygens (including phenoxy) is 1. The molecule has 0 saturated carbocycles. The molecule has 54 heavy (non-hydrogen) atoms. The van der Waals surface area contributed by atoms with E-state index in [4.69, 9.17) is 14.7 Å². The lowest BCUT2D eigenvalue weighted by atomic mass is 9.67. The first-order valence-electron chi connectivity index (χ1n) is 18.8. The second kappa shape index (κ2) is 11.8. The van der Waals surface area contributed by atoms with Gasteiger partial charge in [-0.3, -0.25) is 4.98 Å². The Hall–Kier alpha value is -6.32. The van der Waals surface area contributed by atoms with E-state index in [1.807, 2.05) is 6.20 Å². The molecule has 0 spiro atoms. The number of nitrogens with zero attached hydrogens (tertiary/aromatic N) is 2. The van der Waals surface area contributed by atoms with Crippen molar-refractivity contribution in [1.29, 1.82) is 0 Å². The Morgan fingerprint density at radius 1 is 0.481 bits per heavy atom. The van der Waals surface area contributed by atoms with Gasteiger partial charge >= 0.3 is 0 Å². The topological polar surface area (TPSA) is 34.5 Å². The molecule has 1 aliphatic heterocycles. The van der Waals surface area contributed by atoms with Gasteiger partial charge in [0.25, 0.3) is 0 Å². The van der Waals surface area contributed by atoms with Crippen LogP contribution in [0.4, 0.5) is 0 Å². The van der Waals surface area contributed by atoms with Crippen molar-refractivity contribution in [3.63, 3.8) is 0 Å². The first-order valence-corrected chi connectivity index (χ1v) is 18.8. The molecule has 0 fully saturated rings. The van der Waals surface area contributed by atoms with E-state index in [0.717, 1.165) is 16.8 Å². The summed E-state index contributed by atoms with van der Waals surface area (Å²) in [7, 11) is 0. The molecule has 260 valence electrons. The molecule has 0 radical (unpaired) electrons. The lowest BCUT2D eigenvalue weighted by molar-refractivity contribution is 0.0617. The molecule has 7 aromatic carbocycles. The minimum absolute atomic E-state index is 0.347. The largest absolute Gasteiger partial charge is 0.468 e. The number of pyridine rings is 1. The molecular weight excluding hydrogens is 657 g/mol. The van der Waals surface area contributed by atoms with Crippen LogP contribution in [0.2, 0.25) is 0 Å². The molecule has 10 rings (SSSR count). The molecule has 1 aliphatic carbocycles. The van der Waals surface area contributed by atoms with E-state index in [-0.39, 0.29) is 5.54 Å². The molecule has 0 amide bonds. The van der Waals surface area contributed by atoms with Gasteiger partial charge in [-0.2, -0.15) is 0 Å². The summed E-state index contributed by atoms with van der Waals surface area (Å²) in [6, 6.07) is 60.2. The zero-order chi connectivity index (χ0) is 36.7. The number of aliphatic imine (C=N–C) groups is 1. The quantitative estimate of drug-likeness (QED) is 0.179. The molecule has 3 nitrogen and oxygen atoms in total. The molecule has 1 aromatic heterocycles. The van der Waals surface area contributed by atoms with E-state index in [1.54, 1.807) is 0 Å². The minimum atomic E-state index is -0.574. The normalized spacial score (nSPS) is 16.1. The van der Waals surface area contributed by atoms with Crippen molar-refractivity contribution in [2.24, 2.45) is 4.99 Å². The van der Waals surface area contributed by atoms with E-state index in [2.05, 4.69) is 191 Å². The Morgan fingerprint density at radius 3 is 1.76 bits per heavy atom. The van der Waals surface area contributed by atoms with Crippen LogP contribution >= 0.6 is 0 Å². The molecule has 0 saturated heterocycles. The molecule has 0 bridgehead atoms. The zero-order valence-corrected chi connectivity index (χ0v) is 31.0. The van der Waals surface area contributed by atoms with Crippen LogP contribution in [-0.4, -0.2) is 22.0 Å². The fourth-order valence-corrected chi connectivity index (χ4v) is 8.70. The summed E-state index contributed by atoms with van der Waals surface area (Å²) in [5.74, 6) is 0.597. The highest BCUT2D eigenvalue weighted by Gasteiger charge is 2.48. The van der Waals surface area contributed by atoms with Crippen LogP contribution in [0.1, 0.15) is 55.6 Å². The van der Waals surface area contributed by atoms with E-state index >= 15 is 0 Å². The molecule has 2 aliphatic rings. The summed E-state index contributed by atoms with van der Waals surface area (Å²) >= 11 is 0. The summed E-state index contributed by atoms with van der Waals surface area (Å²) < 4.78 is 6.34. The van der Waals surface area contributed by atoms with Gasteiger partial charge in [0.1, 0.15) is 11.3 Å². The first kappa shape index (κ1) is 32.3. The summed E-state index contributed by atoms with van der Waals surface area (Å²) in [4.78, 5) is 9.90. The van der Waals surface area contributed by atoms with Gasteiger partial charge < -0.3 is 4.74 Å². The van der Waals surface area contributed by atoms with Crippen molar-refractivity contribution in [3.8, 4) is 33.4 Å². The Balaban J connectivity index is 1.24. The fraction of sp³-hybridized carbons (Fsp3) is 0.137. The molecule has 2 heterocycles. The van der Waals surface area contributed by atoms with Crippen molar-refractivity contribution in [2.75, 3.05) is 0 Å². The second-order valence-electron chi connectivity index (χ2n) is 15.7. The molecule has 0 atom stereocenters. The maximum atomic E-state index is 6.34. The Morgan fingerprint density at radius 2 is 1.09 bits per heavy atom. The SMILES string of the molecule is CC1(C)N=C(c2ccc(-c3cc4c(c5ccccc35)-c3ccc(-c5ccc6ccccc6c5)cc3C4(c3ccccc3)c3ccccc3)cn2)OC1(C)C. The monoisotopic (exact) mass is 696 g/mol. The third-order valence-electron chi connectivity index (χ3n) is 12.1. The number of aromatic nitrogens is 1. The predicted octanol–water partition coefficient (Wildman–Crippen LogP) is 12.4. The van der Waals surface area contributed by atoms with Crippen molar-refractivity contribution in [1.82, 2.24) is 4.98 Å². The van der Waals surface area contributed by atoms with Gasteiger partial charge in [0.05, 0.1) is 11.0 Å². The van der Waals surface area contributed by atoms with Gasteiger partial charge in [-0.15, -0.1) is 0 Å². The summed E-state index contributed by atoms with van der Waals surface area (Å²) in [6.45, 7) is 8.39. The Labute approximate surface area is 316 Å². The maximum absolute atomic E-state index is 6.34. The average Bonchev–Trinajstić information content (AvgIpc) is 3.63. The highest BCUT2D eigenvalue weighted by Crippen LogP contribution is 2.59. The van der Waals surface area contributed by atoms with Crippen LogP contribution in [0.3, 0.4) is 0 Å². The summed E-state index contributed by atoms with van der Waals surface area (Å²) in [5.41, 5.74) is 11.6. The molecular formula is C51H40N2O. The Kier molecular flexibility index (Phi) is 7.09. The van der Waals surface area contributed by atoms with E-state index < -0.39 is 11.0 Å². The highest BCUT2D eigenvalue weighted by molar-refractivity contribution is 6.10. The second-order valence-corrected chi connectivity index (χ2v) is 15.7. The van der Waals surface area contributed by atoms with E-state index in [9.17, 15) is 0 Å². The van der Waals surface area contributed by atoms with Gasteiger partial charge in [0.15, 0.2) is 0 Å². The number of fused-ring (bicyclic) bond motifs is 6. The van der Waals surface area contributed by atoms with Gasteiger partial charge in [0, 0.05) is 11.8 Å². The first-order chi connectivity index (χ1) is 26.2. The number of hydrogen-bond acceptors (Lipinski definition) is 3. The molecule has 0 N–H and O–H groups in total.